The lowest BCUT2D eigenvalue weighted by atomic mass is 9.76. The summed E-state index contributed by atoms with van der Waals surface area (Å²) in [5.74, 6) is -5.30. The Kier molecular flexibility index (Phi) is 7.13. The molecule has 3 aliphatic rings. The summed E-state index contributed by atoms with van der Waals surface area (Å²) in [6.07, 6.45) is 3.64. The minimum Gasteiger partial charge on any atom is -0.293 e. The minimum atomic E-state index is -1.27. The molecule has 0 saturated carbocycles. The van der Waals surface area contributed by atoms with Gasteiger partial charge in [-0.2, -0.15) is 0 Å². The Bertz CT molecular complexity index is 1720. The first-order valence-electron chi connectivity index (χ1n) is 11.6. The second-order valence-corrected chi connectivity index (χ2v) is 12.5. The monoisotopic (exact) mass is 690 g/mol. The number of ketones is 4. The van der Waals surface area contributed by atoms with E-state index < -0.39 is 40.9 Å². The van der Waals surface area contributed by atoms with Crippen LogP contribution in [-0.4, -0.2) is 23.1 Å². The van der Waals surface area contributed by atoms with E-state index in [0.29, 0.717) is 11.1 Å². The van der Waals surface area contributed by atoms with Crippen LogP contribution in [0.3, 0.4) is 0 Å². The Morgan fingerprint density at radius 2 is 0.975 bits per heavy atom. The zero-order valence-electron chi connectivity index (χ0n) is 19.5. The molecule has 12 heteroatoms. The van der Waals surface area contributed by atoms with Gasteiger partial charge in [-0.15, -0.1) is 0 Å². The standard InChI is InChI=1S/C28H10Cl8O4/c29-17-13-14(18(30)22(34)21(17)33)26(38)11(25(13)37)8-5-4-7-2-1-3-9(10(7)6-8)12-27(39)15-16(28(12)40)20(32)24(36)23(35)19(15)31/h1-5,8,11-12H,6H2. The first-order chi connectivity index (χ1) is 18.9. The van der Waals surface area contributed by atoms with Crippen LogP contribution in [0.1, 0.15) is 64.0 Å². The summed E-state index contributed by atoms with van der Waals surface area (Å²) in [5, 5.41) is -1.06. The molecule has 0 aliphatic heterocycles. The molecule has 202 valence electrons. The van der Waals surface area contributed by atoms with Gasteiger partial charge in [0, 0.05) is 0 Å². The Hall–Kier alpha value is -1.60. The van der Waals surface area contributed by atoms with Gasteiger partial charge in [0.05, 0.1) is 68.4 Å². The number of Topliss-reactive ketones (excluding diaryl/α,β-unsaturated/α-hetero) is 4. The number of carbonyl (C=O) groups is 4. The third kappa shape index (κ3) is 3.81. The highest BCUT2D eigenvalue weighted by Crippen LogP contribution is 2.51. The molecule has 3 aliphatic carbocycles. The summed E-state index contributed by atoms with van der Waals surface area (Å²) in [6, 6.07) is 5.15. The van der Waals surface area contributed by atoms with Crippen LogP contribution in [0.2, 0.25) is 40.2 Å². The van der Waals surface area contributed by atoms with Crippen LogP contribution in [0, 0.1) is 11.8 Å². The highest BCUT2D eigenvalue weighted by Gasteiger charge is 2.49. The largest absolute Gasteiger partial charge is 0.293 e. The number of benzene rings is 3. The van der Waals surface area contributed by atoms with Gasteiger partial charge in [0.1, 0.15) is 5.92 Å². The summed E-state index contributed by atoms with van der Waals surface area (Å²) < 4.78 is 0. The van der Waals surface area contributed by atoms with E-state index in [0.717, 1.165) is 5.56 Å². The Morgan fingerprint density at radius 1 is 0.550 bits per heavy atom. The zero-order valence-corrected chi connectivity index (χ0v) is 25.5. The summed E-state index contributed by atoms with van der Waals surface area (Å²) in [6.45, 7) is 0. The Morgan fingerprint density at radius 3 is 1.43 bits per heavy atom. The molecular weight excluding hydrogens is 684 g/mol. The lowest BCUT2D eigenvalue weighted by molar-refractivity contribution is 0.0798. The molecule has 0 amide bonds. The SMILES string of the molecule is O=C1c2c(Cl)c(Cl)c(Cl)c(Cl)c2C(=O)C1c1cccc2c1CC(C1C(=O)c3c(Cl)c(Cl)c(Cl)c(Cl)c3C1=O)C=C2. The zero-order chi connectivity index (χ0) is 28.9. The van der Waals surface area contributed by atoms with Gasteiger partial charge >= 0.3 is 0 Å². The van der Waals surface area contributed by atoms with E-state index in [-0.39, 0.29) is 68.9 Å². The van der Waals surface area contributed by atoms with E-state index in [4.69, 9.17) is 92.8 Å². The van der Waals surface area contributed by atoms with Crippen molar-refractivity contribution in [3.05, 3.63) is 103 Å². The molecule has 1 unspecified atom stereocenters. The van der Waals surface area contributed by atoms with Crippen molar-refractivity contribution in [2.24, 2.45) is 11.8 Å². The number of rotatable bonds is 2. The van der Waals surface area contributed by atoms with Gasteiger partial charge in [0.25, 0.3) is 0 Å². The molecule has 1 atom stereocenters. The van der Waals surface area contributed by atoms with Crippen molar-refractivity contribution < 1.29 is 19.2 Å². The second-order valence-electron chi connectivity index (χ2n) is 9.52. The number of carbonyl (C=O) groups excluding carboxylic acids is 4. The average molecular weight is 694 g/mol. The van der Waals surface area contributed by atoms with E-state index in [1.54, 1.807) is 30.4 Å². The first kappa shape index (κ1) is 28.5. The predicted molar refractivity (Wildman–Crippen MR) is 159 cm³/mol. The van der Waals surface area contributed by atoms with Crippen LogP contribution in [0.5, 0.6) is 0 Å². The van der Waals surface area contributed by atoms with Gasteiger partial charge < -0.3 is 0 Å². The fourth-order valence-corrected chi connectivity index (χ4v) is 7.82. The lowest BCUT2D eigenvalue weighted by Gasteiger charge is -2.26. The third-order valence-electron chi connectivity index (χ3n) is 7.56. The smallest absolute Gasteiger partial charge is 0.180 e. The third-order valence-corrected chi connectivity index (χ3v) is 11.2. The summed E-state index contributed by atoms with van der Waals surface area (Å²) in [4.78, 5) is 54.3. The van der Waals surface area contributed by atoms with Gasteiger partial charge in [0.2, 0.25) is 0 Å². The van der Waals surface area contributed by atoms with Crippen LogP contribution >= 0.6 is 92.8 Å². The highest BCUT2D eigenvalue weighted by molar-refractivity contribution is 6.57. The molecule has 0 saturated heterocycles. The van der Waals surface area contributed by atoms with Crippen molar-refractivity contribution in [2.75, 3.05) is 0 Å². The maximum absolute atomic E-state index is 13.6. The fourth-order valence-electron chi connectivity index (χ4n) is 5.74. The normalized spacial score (nSPS) is 18.6. The summed E-state index contributed by atoms with van der Waals surface area (Å²) >= 11 is 49.9. The van der Waals surface area contributed by atoms with E-state index in [1.165, 1.54) is 0 Å². The van der Waals surface area contributed by atoms with Crippen molar-refractivity contribution in [2.45, 2.75) is 12.3 Å². The van der Waals surface area contributed by atoms with Crippen LogP contribution in [-0.2, 0) is 6.42 Å². The molecule has 0 radical (unpaired) electrons. The van der Waals surface area contributed by atoms with E-state index in [1.807, 2.05) is 0 Å². The number of fused-ring (bicyclic) bond motifs is 3. The van der Waals surface area contributed by atoms with Crippen molar-refractivity contribution in [1.82, 2.24) is 0 Å². The first-order valence-corrected chi connectivity index (χ1v) is 14.6. The maximum Gasteiger partial charge on any atom is 0.180 e. The van der Waals surface area contributed by atoms with Crippen molar-refractivity contribution in [3.63, 3.8) is 0 Å². The van der Waals surface area contributed by atoms with E-state index in [2.05, 4.69) is 0 Å². The molecule has 0 bridgehead atoms. The molecule has 4 nitrogen and oxygen atoms in total. The number of hydrogen-bond acceptors (Lipinski definition) is 4. The number of hydrogen-bond donors (Lipinski definition) is 0. The predicted octanol–water partition coefficient (Wildman–Crippen LogP) is 9.96. The molecule has 0 spiro atoms. The van der Waals surface area contributed by atoms with Crippen LogP contribution < -0.4 is 0 Å². The van der Waals surface area contributed by atoms with Crippen LogP contribution in [0.15, 0.2) is 24.3 Å². The topological polar surface area (TPSA) is 68.3 Å². The Balaban J connectivity index is 1.42. The van der Waals surface area contributed by atoms with Gasteiger partial charge in [0.15, 0.2) is 23.1 Å². The molecule has 3 aromatic rings. The summed E-state index contributed by atoms with van der Waals surface area (Å²) in [7, 11) is 0. The Labute approximate surface area is 267 Å². The van der Waals surface area contributed by atoms with Crippen molar-refractivity contribution >= 4 is 122 Å². The molecule has 3 aromatic carbocycles. The van der Waals surface area contributed by atoms with Gasteiger partial charge in [-0.1, -0.05) is 123 Å². The fraction of sp³-hybridized carbons (Fsp3) is 0.143. The highest BCUT2D eigenvalue weighted by atomic mass is 35.5. The molecule has 0 aromatic heterocycles. The van der Waals surface area contributed by atoms with Crippen molar-refractivity contribution in [1.29, 1.82) is 0 Å². The molecule has 0 N–H and O–H groups in total. The molecule has 40 heavy (non-hydrogen) atoms. The molecule has 0 fully saturated rings. The van der Waals surface area contributed by atoms with Gasteiger partial charge in [-0.3, -0.25) is 19.2 Å². The number of halogens is 8. The average Bonchev–Trinajstić information content (AvgIpc) is 3.35. The second kappa shape index (κ2) is 10.00. The van der Waals surface area contributed by atoms with Gasteiger partial charge in [-0.25, -0.2) is 0 Å². The van der Waals surface area contributed by atoms with E-state index in [9.17, 15) is 19.2 Å². The maximum atomic E-state index is 13.6. The van der Waals surface area contributed by atoms with Crippen LogP contribution in [0.4, 0.5) is 0 Å². The van der Waals surface area contributed by atoms with Gasteiger partial charge in [-0.05, 0) is 29.0 Å². The molecule has 0 heterocycles. The van der Waals surface area contributed by atoms with Crippen LogP contribution in [0.25, 0.3) is 6.08 Å². The quantitative estimate of drug-likeness (QED) is 0.152. The van der Waals surface area contributed by atoms with Crippen molar-refractivity contribution in [3.8, 4) is 0 Å². The molecular formula is C28H10Cl8O4. The lowest BCUT2D eigenvalue weighted by Crippen LogP contribution is -2.28. The van der Waals surface area contributed by atoms with E-state index >= 15 is 0 Å². The minimum absolute atomic E-state index is 0.0711. The number of allylic oxidation sites excluding steroid dienone is 1. The summed E-state index contributed by atoms with van der Waals surface area (Å²) in [5.41, 5.74) is 1.41. The molecule has 6 rings (SSSR count).